The van der Waals surface area contributed by atoms with Gasteiger partial charge in [-0.15, -0.1) is 6.42 Å². The number of nitrogens with zero attached hydrogens (tertiary/aromatic N) is 2. The number of carbonyl (C=O) groups is 1. The number of terminal acetylenes is 1. The summed E-state index contributed by atoms with van der Waals surface area (Å²) >= 11 is 1.32. The quantitative estimate of drug-likeness (QED) is 0.349. The average Bonchev–Trinajstić information content (AvgIpc) is 3.20. The smallest absolute Gasteiger partial charge is 0.279 e. The molecule has 8 nitrogen and oxygen atoms in total. The Morgan fingerprint density at radius 2 is 1.86 bits per heavy atom. The fourth-order valence-corrected chi connectivity index (χ4v) is 5.58. The molecular weight excluding hydrogens is 498 g/mol. The summed E-state index contributed by atoms with van der Waals surface area (Å²) < 4.78 is 41.3. The largest absolute Gasteiger partial charge is 0.497 e. The second-order valence-corrected chi connectivity index (χ2v) is 10.2. The van der Waals surface area contributed by atoms with E-state index in [4.69, 9.17) is 15.9 Å². The number of fused-ring (bicyclic) bond motifs is 1. The van der Waals surface area contributed by atoms with Crippen LogP contribution in [0.3, 0.4) is 0 Å². The molecule has 184 valence electrons. The van der Waals surface area contributed by atoms with Crippen LogP contribution < -0.4 is 19.0 Å². The van der Waals surface area contributed by atoms with E-state index in [0.717, 1.165) is 10.2 Å². The third kappa shape index (κ3) is 5.43. The Labute approximate surface area is 212 Å². The first kappa shape index (κ1) is 25.0. The van der Waals surface area contributed by atoms with E-state index in [1.807, 2.05) is 25.1 Å². The lowest BCUT2D eigenvalue weighted by atomic mass is 10.2. The number of carbonyl (C=O) groups excluding carboxylic acids is 1. The summed E-state index contributed by atoms with van der Waals surface area (Å²) in [4.78, 5) is 17.8. The molecule has 1 aromatic heterocycles. The predicted octanol–water partition coefficient (Wildman–Crippen LogP) is 4.29. The van der Waals surface area contributed by atoms with Crippen molar-refractivity contribution in [1.29, 1.82) is 0 Å². The van der Waals surface area contributed by atoms with Crippen molar-refractivity contribution in [2.75, 3.05) is 18.4 Å². The van der Waals surface area contributed by atoms with E-state index < -0.39 is 15.9 Å². The van der Waals surface area contributed by atoms with Gasteiger partial charge in [-0.25, -0.2) is 8.42 Å². The number of thiazole rings is 1. The number of methoxy groups -OCH3 is 1. The van der Waals surface area contributed by atoms with Crippen molar-refractivity contribution in [2.24, 2.45) is 4.99 Å². The van der Waals surface area contributed by atoms with Gasteiger partial charge in [-0.3, -0.25) is 9.52 Å². The van der Waals surface area contributed by atoms with Crippen molar-refractivity contribution in [2.45, 2.75) is 18.4 Å². The number of ether oxygens (including phenoxy) is 2. The van der Waals surface area contributed by atoms with Gasteiger partial charge in [-0.1, -0.05) is 23.3 Å². The van der Waals surface area contributed by atoms with Crippen molar-refractivity contribution in [3.05, 3.63) is 77.1 Å². The molecule has 0 atom stereocenters. The summed E-state index contributed by atoms with van der Waals surface area (Å²) in [5.74, 6) is 3.33. The van der Waals surface area contributed by atoms with Crippen molar-refractivity contribution in [3.8, 4) is 23.8 Å². The fourth-order valence-electron chi connectivity index (χ4n) is 3.48. The van der Waals surface area contributed by atoms with Gasteiger partial charge in [0.1, 0.15) is 11.5 Å². The zero-order valence-electron chi connectivity index (χ0n) is 19.6. The SMILES string of the molecule is C#CCn1c(=NC(=O)c2cccc(NS(=O)(=O)c3ccc(OC)cc3)c2)sc2cc(OCC)ccc21. The van der Waals surface area contributed by atoms with E-state index in [1.54, 1.807) is 34.9 Å². The highest BCUT2D eigenvalue weighted by Crippen LogP contribution is 2.24. The fraction of sp³-hybridized carbons (Fsp3) is 0.154. The third-order valence-electron chi connectivity index (χ3n) is 5.14. The highest BCUT2D eigenvalue weighted by Gasteiger charge is 2.16. The van der Waals surface area contributed by atoms with Crippen LogP contribution in [0.25, 0.3) is 10.2 Å². The molecule has 0 saturated heterocycles. The number of anilines is 1. The Balaban J connectivity index is 1.65. The van der Waals surface area contributed by atoms with Crippen LogP contribution in [-0.2, 0) is 16.6 Å². The molecule has 0 unspecified atom stereocenters. The van der Waals surface area contributed by atoms with E-state index >= 15 is 0 Å². The molecule has 1 N–H and O–H groups in total. The Kier molecular flexibility index (Phi) is 7.43. The van der Waals surface area contributed by atoms with Gasteiger partial charge >= 0.3 is 0 Å². The lowest BCUT2D eigenvalue weighted by molar-refractivity contribution is 0.0998. The van der Waals surface area contributed by atoms with Crippen molar-refractivity contribution in [3.63, 3.8) is 0 Å². The van der Waals surface area contributed by atoms with Crippen LogP contribution in [0.1, 0.15) is 17.3 Å². The van der Waals surface area contributed by atoms with E-state index in [0.29, 0.717) is 22.9 Å². The summed E-state index contributed by atoms with van der Waals surface area (Å²) in [5.41, 5.74) is 1.31. The van der Waals surface area contributed by atoms with Crippen LogP contribution >= 0.6 is 11.3 Å². The molecule has 1 heterocycles. The summed E-state index contributed by atoms with van der Waals surface area (Å²) in [7, 11) is -2.36. The summed E-state index contributed by atoms with van der Waals surface area (Å²) in [6.45, 7) is 2.68. The monoisotopic (exact) mass is 521 g/mol. The van der Waals surface area contributed by atoms with Crippen LogP contribution in [0.5, 0.6) is 11.5 Å². The summed E-state index contributed by atoms with van der Waals surface area (Å²) in [6, 6.07) is 17.8. The molecule has 0 aliphatic heterocycles. The highest BCUT2D eigenvalue weighted by atomic mass is 32.2. The van der Waals surface area contributed by atoms with Crippen LogP contribution in [0, 0.1) is 12.3 Å². The number of nitrogens with one attached hydrogen (secondary N) is 1. The Morgan fingerprint density at radius 3 is 2.56 bits per heavy atom. The molecule has 10 heteroatoms. The minimum atomic E-state index is -3.86. The molecule has 0 radical (unpaired) electrons. The van der Waals surface area contributed by atoms with Gasteiger partial charge < -0.3 is 14.0 Å². The zero-order chi connectivity index (χ0) is 25.7. The summed E-state index contributed by atoms with van der Waals surface area (Å²) in [5, 5.41) is 0. The number of hydrogen-bond donors (Lipinski definition) is 1. The third-order valence-corrected chi connectivity index (χ3v) is 7.58. The summed E-state index contributed by atoms with van der Waals surface area (Å²) in [6.07, 6.45) is 5.55. The normalized spacial score (nSPS) is 11.8. The van der Waals surface area contributed by atoms with Crippen LogP contribution in [0.4, 0.5) is 5.69 Å². The standard InChI is InChI=1S/C26H23N3O5S2/c1-4-15-29-23-14-11-21(34-5-2)17-24(23)35-26(29)27-25(30)18-7-6-8-19(16-18)28-36(31,32)22-12-9-20(33-3)10-13-22/h1,6-14,16-17,28H,5,15H2,2-3H3. The molecule has 1 amide bonds. The van der Waals surface area contributed by atoms with Crippen molar-refractivity contribution < 1.29 is 22.7 Å². The van der Waals surface area contributed by atoms with Gasteiger partial charge in [0.25, 0.3) is 15.9 Å². The maximum atomic E-state index is 13.0. The van der Waals surface area contributed by atoms with Crippen molar-refractivity contribution >= 4 is 43.2 Å². The van der Waals surface area contributed by atoms with E-state index in [-0.39, 0.29) is 22.7 Å². The van der Waals surface area contributed by atoms with Crippen molar-refractivity contribution in [1.82, 2.24) is 4.57 Å². The maximum absolute atomic E-state index is 13.0. The first-order valence-electron chi connectivity index (χ1n) is 10.9. The highest BCUT2D eigenvalue weighted by molar-refractivity contribution is 7.92. The first-order chi connectivity index (χ1) is 17.3. The molecule has 4 aromatic rings. The number of hydrogen-bond acceptors (Lipinski definition) is 6. The second kappa shape index (κ2) is 10.7. The second-order valence-electron chi connectivity index (χ2n) is 7.52. The topological polar surface area (TPSA) is 99.0 Å². The molecule has 0 bridgehead atoms. The number of rotatable bonds is 8. The minimum Gasteiger partial charge on any atom is -0.497 e. The minimum absolute atomic E-state index is 0.0664. The molecule has 0 spiro atoms. The predicted molar refractivity (Wildman–Crippen MR) is 140 cm³/mol. The molecule has 3 aromatic carbocycles. The molecule has 0 aliphatic rings. The Bertz CT molecular complexity index is 1630. The van der Waals surface area contributed by atoms with Crippen LogP contribution in [0.15, 0.2) is 76.6 Å². The number of benzene rings is 3. The van der Waals surface area contributed by atoms with Gasteiger partial charge in [0.2, 0.25) is 0 Å². The zero-order valence-corrected chi connectivity index (χ0v) is 21.2. The van der Waals surface area contributed by atoms with Crippen LogP contribution in [-0.4, -0.2) is 32.6 Å². The molecular formula is C26H23N3O5S2. The van der Waals surface area contributed by atoms with Crippen LogP contribution in [0.2, 0.25) is 0 Å². The van der Waals surface area contributed by atoms with Gasteiger partial charge in [0.05, 0.1) is 35.4 Å². The average molecular weight is 522 g/mol. The van der Waals surface area contributed by atoms with Gasteiger partial charge in [0, 0.05) is 11.3 Å². The molecule has 4 rings (SSSR count). The number of aromatic nitrogens is 1. The molecule has 36 heavy (non-hydrogen) atoms. The van der Waals surface area contributed by atoms with E-state index in [9.17, 15) is 13.2 Å². The Morgan fingerprint density at radius 1 is 1.11 bits per heavy atom. The molecule has 0 fully saturated rings. The molecule has 0 aliphatic carbocycles. The van der Waals surface area contributed by atoms with E-state index in [2.05, 4.69) is 15.6 Å². The maximum Gasteiger partial charge on any atom is 0.279 e. The van der Waals surface area contributed by atoms with E-state index in [1.165, 1.54) is 36.6 Å². The van der Waals surface area contributed by atoms with Gasteiger partial charge in [0.15, 0.2) is 4.80 Å². The van der Waals surface area contributed by atoms with Gasteiger partial charge in [-0.05, 0) is 67.6 Å². The number of sulfonamides is 1. The lowest BCUT2D eigenvalue weighted by Crippen LogP contribution is -2.17. The number of amides is 1. The Hall–Kier alpha value is -4.07. The van der Waals surface area contributed by atoms with Gasteiger partial charge in [-0.2, -0.15) is 4.99 Å². The molecule has 0 saturated carbocycles. The lowest BCUT2D eigenvalue weighted by Gasteiger charge is -2.09. The first-order valence-corrected chi connectivity index (χ1v) is 13.2.